The van der Waals surface area contributed by atoms with E-state index in [1.165, 1.54) is 23.1 Å². The third kappa shape index (κ3) is 4.01. The molecule has 0 spiro atoms. The Hall–Kier alpha value is -2.98. The number of hydrogen-bond donors (Lipinski definition) is 2. The van der Waals surface area contributed by atoms with Gasteiger partial charge in [-0.2, -0.15) is 5.10 Å². The number of aromatic nitrogens is 5. The number of H-pyrrole nitrogens is 1. The molecule has 0 aliphatic heterocycles. The summed E-state index contributed by atoms with van der Waals surface area (Å²) in [6, 6.07) is 5.34. The molecule has 154 valence electrons. The van der Waals surface area contributed by atoms with E-state index in [9.17, 15) is 9.59 Å². The van der Waals surface area contributed by atoms with Crippen LogP contribution in [0.4, 0.5) is 5.69 Å². The molecule has 0 radical (unpaired) electrons. The van der Waals surface area contributed by atoms with Crippen molar-refractivity contribution in [2.24, 2.45) is 0 Å². The number of amides is 1. The second-order valence-electron chi connectivity index (χ2n) is 6.74. The Morgan fingerprint density at radius 2 is 2.17 bits per heavy atom. The number of anilines is 1. The molecule has 1 atom stereocenters. The fourth-order valence-electron chi connectivity index (χ4n) is 2.95. The largest absolute Gasteiger partial charge is 0.322 e. The molecular weight excluding hydrogens is 420 g/mol. The molecule has 2 N–H and O–H groups in total. The minimum Gasteiger partial charge on any atom is -0.322 e. The molecule has 4 rings (SSSR count). The monoisotopic (exact) mass is 440 g/mol. The number of carbonyl (C=O) groups is 1. The van der Waals surface area contributed by atoms with E-state index in [-0.39, 0.29) is 16.7 Å². The third-order valence-corrected chi connectivity index (χ3v) is 6.95. The quantitative estimate of drug-likeness (QED) is 0.476. The van der Waals surface area contributed by atoms with Gasteiger partial charge in [0.05, 0.1) is 22.1 Å². The van der Waals surface area contributed by atoms with E-state index in [2.05, 4.69) is 25.4 Å². The summed E-state index contributed by atoms with van der Waals surface area (Å²) in [6.07, 6.45) is 5.07. The highest BCUT2D eigenvalue weighted by molar-refractivity contribution is 7.99. The summed E-state index contributed by atoms with van der Waals surface area (Å²) in [6.45, 7) is 5.74. The Kier molecular flexibility index (Phi) is 5.69. The van der Waals surface area contributed by atoms with Crippen LogP contribution in [-0.4, -0.2) is 35.9 Å². The highest BCUT2D eigenvalue weighted by Crippen LogP contribution is 2.27. The SMILES string of the molecule is Cc1sc2nc(CSC(C)C(=O)Nc3cccnc3-n3cccn3)[nH]c(=O)c2c1C. The van der Waals surface area contributed by atoms with E-state index >= 15 is 0 Å². The van der Waals surface area contributed by atoms with Crippen LogP contribution in [-0.2, 0) is 10.5 Å². The van der Waals surface area contributed by atoms with Crippen LogP contribution in [0, 0.1) is 13.8 Å². The van der Waals surface area contributed by atoms with Crippen LogP contribution in [0.2, 0.25) is 0 Å². The highest BCUT2D eigenvalue weighted by atomic mass is 32.2. The van der Waals surface area contributed by atoms with Crippen LogP contribution in [0.5, 0.6) is 0 Å². The Morgan fingerprint density at radius 3 is 2.93 bits per heavy atom. The highest BCUT2D eigenvalue weighted by Gasteiger charge is 2.18. The van der Waals surface area contributed by atoms with Gasteiger partial charge in [-0.05, 0) is 44.5 Å². The second kappa shape index (κ2) is 8.41. The fourth-order valence-corrected chi connectivity index (χ4v) is 4.76. The van der Waals surface area contributed by atoms with Gasteiger partial charge in [0.2, 0.25) is 5.91 Å². The van der Waals surface area contributed by atoms with E-state index in [1.807, 2.05) is 20.8 Å². The van der Waals surface area contributed by atoms with Crippen molar-refractivity contribution in [1.82, 2.24) is 24.7 Å². The van der Waals surface area contributed by atoms with Crippen molar-refractivity contribution in [1.29, 1.82) is 0 Å². The molecule has 4 aromatic rings. The van der Waals surface area contributed by atoms with Crippen LogP contribution < -0.4 is 10.9 Å². The lowest BCUT2D eigenvalue weighted by Crippen LogP contribution is -2.24. The average molecular weight is 441 g/mol. The van der Waals surface area contributed by atoms with Crippen molar-refractivity contribution >= 4 is 44.9 Å². The molecule has 1 amide bonds. The summed E-state index contributed by atoms with van der Waals surface area (Å²) in [5.41, 5.74) is 1.42. The summed E-state index contributed by atoms with van der Waals surface area (Å²) >= 11 is 2.92. The first-order valence-electron chi connectivity index (χ1n) is 9.30. The summed E-state index contributed by atoms with van der Waals surface area (Å²) in [4.78, 5) is 38.7. The van der Waals surface area contributed by atoms with E-state index in [0.29, 0.717) is 28.5 Å². The minimum atomic E-state index is -0.358. The smallest absolute Gasteiger partial charge is 0.259 e. The van der Waals surface area contributed by atoms with Gasteiger partial charge in [0.15, 0.2) is 5.82 Å². The number of aromatic amines is 1. The molecule has 4 heterocycles. The van der Waals surface area contributed by atoms with E-state index in [4.69, 9.17) is 0 Å². The number of fused-ring (bicyclic) bond motifs is 1. The number of nitrogens with one attached hydrogen (secondary N) is 2. The zero-order valence-electron chi connectivity index (χ0n) is 16.7. The molecule has 0 saturated heterocycles. The molecule has 0 fully saturated rings. The Balaban J connectivity index is 1.45. The lowest BCUT2D eigenvalue weighted by molar-refractivity contribution is -0.115. The summed E-state index contributed by atoms with van der Waals surface area (Å²) in [5, 5.41) is 7.38. The number of thiophene rings is 1. The number of aryl methyl sites for hydroxylation is 2. The molecule has 4 aromatic heterocycles. The van der Waals surface area contributed by atoms with Crippen molar-refractivity contribution in [3.05, 3.63) is 63.4 Å². The maximum absolute atomic E-state index is 12.7. The number of nitrogens with zero attached hydrogens (tertiary/aromatic N) is 4. The topological polar surface area (TPSA) is 106 Å². The molecule has 0 bridgehead atoms. The predicted molar refractivity (Wildman–Crippen MR) is 120 cm³/mol. The van der Waals surface area contributed by atoms with Gasteiger partial charge in [0.1, 0.15) is 10.7 Å². The molecule has 0 aliphatic rings. The molecule has 0 aliphatic carbocycles. The molecule has 30 heavy (non-hydrogen) atoms. The number of hydrogen-bond acceptors (Lipinski definition) is 7. The van der Waals surface area contributed by atoms with Crippen molar-refractivity contribution < 1.29 is 4.79 Å². The number of thioether (sulfide) groups is 1. The van der Waals surface area contributed by atoms with Crippen LogP contribution in [0.3, 0.4) is 0 Å². The number of rotatable bonds is 6. The van der Waals surface area contributed by atoms with Crippen LogP contribution in [0.25, 0.3) is 16.0 Å². The van der Waals surface area contributed by atoms with Crippen molar-refractivity contribution in [3.63, 3.8) is 0 Å². The Morgan fingerprint density at radius 1 is 1.33 bits per heavy atom. The average Bonchev–Trinajstić information content (AvgIpc) is 3.35. The lowest BCUT2D eigenvalue weighted by Gasteiger charge is -2.14. The van der Waals surface area contributed by atoms with E-state index in [0.717, 1.165) is 15.3 Å². The summed E-state index contributed by atoms with van der Waals surface area (Å²) in [5.74, 6) is 1.38. The molecule has 0 aromatic carbocycles. The van der Waals surface area contributed by atoms with Gasteiger partial charge >= 0.3 is 0 Å². The maximum atomic E-state index is 12.7. The van der Waals surface area contributed by atoms with Gasteiger partial charge in [0.25, 0.3) is 5.56 Å². The van der Waals surface area contributed by atoms with Gasteiger partial charge in [0, 0.05) is 23.5 Å². The first kappa shape index (κ1) is 20.3. The van der Waals surface area contributed by atoms with Gasteiger partial charge in [-0.3, -0.25) is 9.59 Å². The van der Waals surface area contributed by atoms with Crippen LogP contribution in [0.1, 0.15) is 23.2 Å². The molecular formula is C20H20N6O2S2. The standard InChI is InChI=1S/C20H20N6O2S2/c1-11-12(2)30-20-16(11)19(28)24-15(25-20)10-29-13(3)18(27)23-14-6-4-7-21-17(14)26-9-5-8-22-26/h4-9,13H,10H2,1-3H3,(H,23,27)(H,24,25,28). The molecule has 8 nitrogen and oxygen atoms in total. The second-order valence-corrected chi connectivity index (χ2v) is 9.28. The van der Waals surface area contributed by atoms with E-state index in [1.54, 1.807) is 41.5 Å². The van der Waals surface area contributed by atoms with E-state index < -0.39 is 0 Å². The Bertz CT molecular complexity index is 1260. The first-order chi connectivity index (χ1) is 14.4. The normalized spacial score (nSPS) is 12.2. The Labute approximate surface area is 180 Å². The van der Waals surface area contributed by atoms with Crippen molar-refractivity contribution in [2.45, 2.75) is 31.8 Å². The molecule has 1 unspecified atom stereocenters. The van der Waals surface area contributed by atoms with Gasteiger partial charge in [-0.1, -0.05) is 0 Å². The zero-order chi connectivity index (χ0) is 21.3. The van der Waals surface area contributed by atoms with Gasteiger partial charge < -0.3 is 10.3 Å². The maximum Gasteiger partial charge on any atom is 0.259 e. The molecule has 10 heteroatoms. The summed E-state index contributed by atoms with van der Waals surface area (Å²) < 4.78 is 1.60. The van der Waals surface area contributed by atoms with Crippen molar-refractivity contribution in [2.75, 3.05) is 5.32 Å². The number of pyridine rings is 1. The number of carbonyl (C=O) groups excluding carboxylic acids is 1. The van der Waals surface area contributed by atoms with Crippen LogP contribution >= 0.6 is 23.1 Å². The first-order valence-corrected chi connectivity index (χ1v) is 11.2. The summed E-state index contributed by atoms with van der Waals surface area (Å²) in [7, 11) is 0. The lowest BCUT2D eigenvalue weighted by atomic mass is 10.2. The van der Waals surface area contributed by atoms with Crippen molar-refractivity contribution in [3.8, 4) is 5.82 Å². The molecule has 0 saturated carbocycles. The van der Waals surface area contributed by atoms with Gasteiger partial charge in [-0.15, -0.1) is 23.1 Å². The van der Waals surface area contributed by atoms with Crippen LogP contribution in [0.15, 0.2) is 41.6 Å². The fraction of sp³-hybridized carbons (Fsp3) is 0.250. The minimum absolute atomic E-state index is 0.131. The zero-order valence-corrected chi connectivity index (χ0v) is 18.3. The predicted octanol–water partition coefficient (Wildman–Crippen LogP) is 3.44. The third-order valence-electron chi connectivity index (χ3n) is 4.69. The van der Waals surface area contributed by atoms with Gasteiger partial charge in [-0.25, -0.2) is 14.6 Å².